The number of rotatable bonds is 6. The number of carbonyl (C=O) groups excluding carboxylic acids is 1. The van der Waals surface area contributed by atoms with Gasteiger partial charge in [-0.15, -0.1) is 0 Å². The van der Waals surface area contributed by atoms with Crippen molar-refractivity contribution in [2.75, 3.05) is 11.9 Å². The highest BCUT2D eigenvalue weighted by Crippen LogP contribution is 2.21. The van der Waals surface area contributed by atoms with E-state index in [2.05, 4.69) is 10.3 Å². The van der Waals surface area contributed by atoms with Gasteiger partial charge >= 0.3 is 0 Å². The van der Waals surface area contributed by atoms with Crippen LogP contribution in [0.5, 0.6) is 0 Å². The quantitative estimate of drug-likeness (QED) is 0.847. The van der Waals surface area contributed by atoms with E-state index in [1.54, 1.807) is 6.20 Å². The van der Waals surface area contributed by atoms with Crippen LogP contribution in [0.2, 0.25) is 0 Å². The smallest absolute Gasteiger partial charge is 0.224 e. The Balaban J connectivity index is 1.95. The maximum Gasteiger partial charge on any atom is 0.224 e. The summed E-state index contributed by atoms with van der Waals surface area (Å²) in [6, 6.07) is 7.46. The molecule has 0 saturated carbocycles. The molecule has 1 aromatic carbocycles. The Labute approximate surface area is 118 Å². The minimum Gasteiger partial charge on any atom is -0.444 e. The van der Waals surface area contributed by atoms with Gasteiger partial charge in [-0.2, -0.15) is 0 Å². The van der Waals surface area contributed by atoms with Crippen molar-refractivity contribution in [1.29, 1.82) is 0 Å². The first kappa shape index (κ1) is 14.3. The number of oxazole rings is 1. The third kappa shape index (κ3) is 3.68. The fourth-order valence-electron chi connectivity index (χ4n) is 1.94. The monoisotopic (exact) mass is 273 g/mol. The number of carbonyl (C=O) groups is 1. The van der Waals surface area contributed by atoms with Gasteiger partial charge in [0.15, 0.2) is 12.2 Å². The van der Waals surface area contributed by atoms with Crippen molar-refractivity contribution in [1.82, 2.24) is 4.98 Å². The zero-order valence-electron chi connectivity index (χ0n) is 11.5. The third-order valence-corrected chi connectivity index (χ3v) is 3.27. The van der Waals surface area contributed by atoms with Crippen LogP contribution >= 0.6 is 0 Å². The Morgan fingerprint density at radius 1 is 1.40 bits per heavy atom. The zero-order valence-corrected chi connectivity index (χ0v) is 11.5. The summed E-state index contributed by atoms with van der Waals surface area (Å²) in [6.07, 6.45) is 4.41. The van der Waals surface area contributed by atoms with Crippen LogP contribution in [0.25, 0.3) is 11.3 Å². The summed E-state index contributed by atoms with van der Waals surface area (Å²) in [5.74, 6) is 0.940. The van der Waals surface area contributed by atoms with E-state index in [4.69, 9.17) is 10.2 Å². The van der Waals surface area contributed by atoms with Gasteiger partial charge in [-0.1, -0.05) is 13.3 Å². The summed E-state index contributed by atoms with van der Waals surface area (Å²) in [5.41, 5.74) is 7.30. The Kier molecular flexibility index (Phi) is 4.90. The lowest BCUT2D eigenvalue weighted by Crippen LogP contribution is -2.21. The van der Waals surface area contributed by atoms with Gasteiger partial charge in [-0.05, 0) is 36.7 Å². The van der Waals surface area contributed by atoms with E-state index in [-0.39, 0.29) is 11.8 Å². The summed E-state index contributed by atoms with van der Waals surface area (Å²) in [6.45, 7) is 2.57. The van der Waals surface area contributed by atoms with E-state index >= 15 is 0 Å². The second-order valence-electron chi connectivity index (χ2n) is 4.71. The summed E-state index contributed by atoms with van der Waals surface area (Å²) in [4.78, 5) is 15.7. The Morgan fingerprint density at radius 3 is 2.70 bits per heavy atom. The number of aromatic nitrogens is 1. The molecule has 0 saturated heterocycles. The molecule has 0 aliphatic heterocycles. The lowest BCUT2D eigenvalue weighted by atomic mass is 10.0. The third-order valence-electron chi connectivity index (χ3n) is 3.27. The topological polar surface area (TPSA) is 81.2 Å². The van der Waals surface area contributed by atoms with Gasteiger partial charge in [0.2, 0.25) is 5.91 Å². The summed E-state index contributed by atoms with van der Waals surface area (Å²) < 4.78 is 5.21. The van der Waals surface area contributed by atoms with Crippen molar-refractivity contribution in [2.24, 2.45) is 11.7 Å². The van der Waals surface area contributed by atoms with Crippen LogP contribution in [0.3, 0.4) is 0 Å². The molecule has 2 rings (SSSR count). The first-order chi connectivity index (χ1) is 9.72. The molecule has 5 nitrogen and oxygen atoms in total. The maximum atomic E-state index is 11.9. The highest BCUT2D eigenvalue weighted by atomic mass is 16.3. The van der Waals surface area contributed by atoms with E-state index in [1.165, 1.54) is 6.39 Å². The molecule has 3 N–H and O–H groups in total. The number of anilines is 1. The average Bonchev–Trinajstić information content (AvgIpc) is 2.99. The van der Waals surface area contributed by atoms with E-state index in [1.807, 2.05) is 31.2 Å². The van der Waals surface area contributed by atoms with Crippen LogP contribution in [-0.4, -0.2) is 17.4 Å². The van der Waals surface area contributed by atoms with Crippen LogP contribution in [0, 0.1) is 5.92 Å². The largest absolute Gasteiger partial charge is 0.444 e. The van der Waals surface area contributed by atoms with Gasteiger partial charge in [0.1, 0.15) is 0 Å². The second kappa shape index (κ2) is 6.86. The molecule has 2 aromatic rings. The number of hydrogen-bond acceptors (Lipinski definition) is 4. The van der Waals surface area contributed by atoms with E-state index in [9.17, 15) is 4.79 Å². The van der Waals surface area contributed by atoms with Crippen molar-refractivity contribution in [2.45, 2.75) is 19.8 Å². The van der Waals surface area contributed by atoms with Crippen molar-refractivity contribution in [3.05, 3.63) is 36.9 Å². The highest BCUT2D eigenvalue weighted by molar-refractivity contribution is 5.91. The molecular formula is C15H19N3O2. The number of benzene rings is 1. The van der Waals surface area contributed by atoms with Crippen LogP contribution < -0.4 is 11.1 Å². The summed E-state index contributed by atoms with van der Waals surface area (Å²) in [7, 11) is 0. The minimum atomic E-state index is -0.00489. The van der Waals surface area contributed by atoms with Gasteiger partial charge in [0.25, 0.3) is 0 Å². The summed E-state index contributed by atoms with van der Waals surface area (Å²) >= 11 is 0. The molecule has 0 bridgehead atoms. The first-order valence-corrected chi connectivity index (χ1v) is 6.71. The van der Waals surface area contributed by atoms with Crippen LogP contribution in [0.1, 0.15) is 19.8 Å². The predicted molar refractivity (Wildman–Crippen MR) is 78.0 cm³/mol. The van der Waals surface area contributed by atoms with Crippen molar-refractivity contribution < 1.29 is 9.21 Å². The van der Waals surface area contributed by atoms with Gasteiger partial charge in [-0.3, -0.25) is 4.79 Å². The number of nitrogens with zero attached hydrogens (tertiary/aromatic N) is 1. The maximum absolute atomic E-state index is 11.9. The molecule has 1 aromatic heterocycles. The average molecular weight is 273 g/mol. The SMILES string of the molecule is CCC(CN)CC(=O)Nc1ccc(-c2cnco2)cc1. The van der Waals surface area contributed by atoms with Crippen molar-refractivity contribution >= 4 is 11.6 Å². The fraction of sp³-hybridized carbons (Fsp3) is 0.333. The fourth-order valence-corrected chi connectivity index (χ4v) is 1.94. The lowest BCUT2D eigenvalue weighted by molar-refractivity contribution is -0.117. The van der Waals surface area contributed by atoms with Crippen LogP contribution in [0.4, 0.5) is 5.69 Å². The highest BCUT2D eigenvalue weighted by Gasteiger charge is 2.10. The standard InChI is InChI=1S/C15H19N3O2/c1-2-11(8-16)7-15(19)18-13-5-3-12(4-6-13)14-9-17-10-20-14/h3-6,9-11H,2,7-8,16H2,1H3,(H,18,19). The van der Waals surface area contributed by atoms with Crippen LogP contribution in [0.15, 0.2) is 41.3 Å². The normalized spacial score (nSPS) is 12.1. The molecule has 5 heteroatoms. The van der Waals surface area contributed by atoms with E-state index in [0.717, 1.165) is 17.7 Å². The number of nitrogens with two attached hydrogens (primary N) is 1. The molecule has 0 aliphatic carbocycles. The first-order valence-electron chi connectivity index (χ1n) is 6.71. The molecule has 0 radical (unpaired) electrons. The minimum absolute atomic E-state index is 0.00489. The van der Waals surface area contributed by atoms with Gasteiger partial charge < -0.3 is 15.5 Å². The molecule has 20 heavy (non-hydrogen) atoms. The molecular weight excluding hydrogens is 254 g/mol. The van der Waals surface area contributed by atoms with Gasteiger partial charge in [-0.25, -0.2) is 4.98 Å². The molecule has 1 heterocycles. The lowest BCUT2D eigenvalue weighted by Gasteiger charge is -2.12. The number of hydrogen-bond donors (Lipinski definition) is 2. The molecule has 0 aliphatic rings. The molecule has 1 amide bonds. The Morgan fingerprint density at radius 2 is 2.15 bits per heavy atom. The molecule has 0 fully saturated rings. The molecule has 106 valence electrons. The Hall–Kier alpha value is -2.14. The molecule has 0 spiro atoms. The van der Waals surface area contributed by atoms with Crippen LogP contribution in [-0.2, 0) is 4.79 Å². The van der Waals surface area contributed by atoms with Crippen molar-refractivity contribution in [3.63, 3.8) is 0 Å². The zero-order chi connectivity index (χ0) is 14.4. The molecule has 1 atom stereocenters. The van der Waals surface area contributed by atoms with E-state index in [0.29, 0.717) is 18.7 Å². The number of nitrogens with one attached hydrogen (secondary N) is 1. The summed E-state index contributed by atoms with van der Waals surface area (Å²) in [5, 5.41) is 2.87. The predicted octanol–water partition coefficient (Wildman–Crippen LogP) is 2.66. The van der Waals surface area contributed by atoms with E-state index < -0.39 is 0 Å². The Bertz CT molecular complexity index is 531. The van der Waals surface area contributed by atoms with Gasteiger partial charge in [0, 0.05) is 17.7 Å². The molecule has 1 unspecified atom stereocenters. The number of amides is 1. The van der Waals surface area contributed by atoms with Crippen molar-refractivity contribution in [3.8, 4) is 11.3 Å². The van der Waals surface area contributed by atoms with Gasteiger partial charge in [0.05, 0.1) is 6.20 Å². The second-order valence-corrected chi connectivity index (χ2v) is 4.71.